The van der Waals surface area contributed by atoms with Crippen molar-refractivity contribution < 1.29 is 35.1 Å². The average Bonchev–Trinajstić information content (AvgIpc) is 3.38. The third-order valence-corrected chi connectivity index (χ3v) is 9.04. The second-order valence-corrected chi connectivity index (χ2v) is 10.7. The van der Waals surface area contributed by atoms with Crippen molar-refractivity contribution in [2.24, 2.45) is 0 Å². The van der Waals surface area contributed by atoms with Gasteiger partial charge in [0.05, 0.1) is 22.2 Å². The molecule has 2 aromatic carbocycles. The van der Waals surface area contributed by atoms with Crippen LogP contribution in [-0.4, -0.2) is 24.6 Å². The SMILES string of the molecule is C=Cc1ccc2c(c1)[NH+]1CCC/C(=C/C=C3/Sc4c(/C=C/C(F)(F)F)cccc4N3CC)C1S2.[Br-]. The Labute approximate surface area is 223 Å². The maximum absolute atomic E-state index is 12.8. The van der Waals surface area contributed by atoms with Crippen molar-refractivity contribution in [3.8, 4) is 0 Å². The number of quaternary nitrogens is 1. The van der Waals surface area contributed by atoms with E-state index >= 15 is 0 Å². The minimum absolute atomic E-state index is 0. The van der Waals surface area contributed by atoms with Crippen molar-refractivity contribution >= 4 is 47.1 Å². The maximum atomic E-state index is 12.8. The van der Waals surface area contributed by atoms with Gasteiger partial charge in [-0.05, 0) is 54.3 Å². The van der Waals surface area contributed by atoms with Crippen molar-refractivity contribution in [1.82, 2.24) is 0 Å². The van der Waals surface area contributed by atoms with E-state index in [1.165, 1.54) is 27.1 Å². The number of halogens is 4. The van der Waals surface area contributed by atoms with Gasteiger partial charge in [-0.15, -0.1) is 0 Å². The van der Waals surface area contributed by atoms with E-state index in [4.69, 9.17) is 0 Å². The predicted molar refractivity (Wildman–Crippen MR) is 137 cm³/mol. The van der Waals surface area contributed by atoms with Gasteiger partial charge in [-0.2, -0.15) is 13.2 Å². The first kappa shape index (κ1) is 26.2. The number of fused-ring (bicyclic) bond motifs is 4. The van der Waals surface area contributed by atoms with E-state index in [0.29, 0.717) is 17.0 Å². The zero-order valence-corrected chi connectivity index (χ0v) is 22.5. The van der Waals surface area contributed by atoms with Crippen molar-refractivity contribution in [3.63, 3.8) is 0 Å². The molecule has 1 fully saturated rings. The van der Waals surface area contributed by atoms with Crippen molar-refractivity contribution in [3.05, 3.63) is 82.9 Å². The average molecular weight is 580 g/mol. The predicted octanol–water partition coefficient (Wildman–Crippen LogP) is 4.05. The minimum atomic E-state index is -4.32. The van der Waals surface area contributed by atoms with Crippen LogP contribution in [0.3, 0.4) is 0 Å². The monoisotopic (exact) mass is 578 g/mol. The van der Waals surface area contributed by atoms with E-state index in [9.17, 15) is 13.2 Å². The first-order valence-corrected chi connectivity index (χ1v) is 13.1. The summed E-state index contributed by atoms with van der Waals surface area (Å²) < 4.78 is 38.3. The quantitative estimate of drug-likeness (QED) is 0.586. The highest BCUT2D eigenvalue weighted by Gasteiger charge is 2.40. The molecule has 2 nitrogen and oxygen atoms in total. The summed E-state index contributed by atoms with van der Waals surface area (Å²) in [7, 11) is 0. The molecule has 2 atom stereocenters. The molecule has 0 aromatic heterocycles. The topological polar surface area (TPSA) is 7.68 Å². The van der Waals surface area contributed by atoms with Gasteiger partial charge in [0.1, 0.15) is 5.69 Å². The largest absolute Gasteiger partial charge is 1.00 e. The Hall–Kier alpha value is -1.87. The number of rotatable bonds is 4. The number of anilines is 1. The van der Waals surface area contributed by atoms with E-state index < -0.39 is 6.18 Å². The lowest BCUT2D eigenvalue weighted by Crippen LogP contribution is -3.10. The fraction of sp³-hybridized carbons (Fsp3) is 0.259. The molecule has 184 valence electrons. The number of nitrogens with zero attached hydrogens (tertiary/aromatic N) is 1. The number of hydrogen-bond donors (Lipinski definition) is 1. The highest BCUT2D eigenvalue weighted by Crippen LogP contribution is 2.48. The van der Waals surface area contributed by atoms with Gasteiger partial charge in [-0.1, -0.05) is 60.5 Å². The fourth-order valence-electron chi connectivity index (χ4n) is 4.81. The lowest BCUT2D eigenvalue weighted by Gasteiger charge is -2.28. The Balaban J connectivity index is 0.00000289. The standard InChI is InChI=1S/C27H25F3N2S2.BrH/c1-3-18-10-12-23-22(17-18)32-16-6-8-20(26(32)33-23)11-13-24-31(4-2)21-9-5-7-19(25(21)34-24)14-15-27(28,29)30;/h3,5,7,9-15,17,26H,1,4,6,8,16H2,2H3;1H/b15-14+,20-11-,24-13+;. The van der Waals surface area contributed by atoms with Crippen LogP contribution in [0.25, 0.3) is 12.2 Å². The molecule has 8 heteroatoms. The van der Waals surface area contributed by atoms with E-state index in [-0.39, 0.29) is 17.0 Å². The fourth-order valence-corrected chi connectivity index (χ4v) is 7.48. The summed E-state index contributed by atoms with van der Waals surface area (Å²) in [6, 6.07) is 12.1. The lowest BCUT2D eigenvalue weighted by atomic mass is 10.0. The van der Waals surface area contributed by atoms with E-state index in [2.05, 4.69) is 48.8 Å². The molecule has 3 heterocycles. The van der Waals surface area contributed by atoms with Gasteiger partial charge >= 0.3 is 6.18 Å². The van der Waals surface area contributed by atoms with Crippen LogP contribution in [0.1, 0.15) is 30.9 Å². The molecule has 0 radical (unpaired) electrons. The van der Waals surface area contributed by atoms with Crippen molar-refractivity contribution in [1.29, 1.82) is 0 Å². The van der Waals surface area contributed by atoms with Crippen LogP contribution in [0.2, 0.25) is 0 Å². The highest BCUT2D eigenvalue weighted by atomic mass is 79.9. The molecule has 0 spiro atoms. The molecule has 3 aliphatic rings. The van der Waals surface area contributed by atoms with Crippen molar-refractivity contribution in [2.75, 3.05) is 18.0 Å². The van der Waals surface area contributed by atoms with Crippen LogP contribution in [0.5, 0.6) is 0 Å². The van der Waals surface area contributed by atoms with E-state index in [0.717, 1.165) is 47.1 Å². The number of benzene rings is 2. The number of nitrogens with one attached hydrogen (secondary N) is 1. The summed E-state index contributed by atoms with van der Waals surface area (Å²) >= 11 is 3.48. The molecule has 2 unspecified atom stereocenters. The van der Waals surface area contributed by atoms with Gasteiger partial charge in [-0.3, -0.25) is 4.90 Å². The Morgan fingerprint density at radius 3 is 2.77 bits per heavy atom. The Morgan fingerprint density at radius 1 is 1.20 bits per heavy atom. The number of piperidine rings is 1. The second-order valence-electron chi connectivity index (χ2n) is 8.50. The third kappa shape index (κ3) is 5.31. The van der Waals surface area contributed by atoms with Gasteiger partial charge in [-0.25, -0.2) is 0 Å². The number of hydrogen-bond acceptors (Lipinski definition) is 3. The smallest absolute Gasteiger partial charge is 0.409 e. The molecule has 5 rings (SSSR count). The first-order valence-electron chi connectivity index (χ1n) is 11.4. The summed E-state index contributed by atoms with van der Waals surface area (Å²) in [6.45, 7) is 7.86. The summed E-state index contributed by atoms with van der Waals surface area (Å²) in [4.78, 5) is 5.91. The van der Waals surface area contributed by atoms with Crippen LogP contribution in [0, 0.1) is 0 Å². The molecular weight excluding hydrogens is 553 g/mol. The van der Waals surface area contributed by atoms with Crippen molar-refractivity contribution in [2.45, 2.75) is 41.1 Å². The molecule has 1 saturated heterocycles. The van der Waals surface area contributed by atoms with Gasteiger partial charge in [0.25, 0.3) is 0 Å². The maximum Gasteiger partial charge on any atom is 0.409 e. The molecule has 3 aliphatic heterocycles. The lowest BCUT2D eigenvalue weighted by molar-refractivity contribution is -0.840. The van der Waals surface area contributed by atoms with Crippen LogP contribution in [0.15, 0.2) is 81.6 Å². The van der Waals surface area contributed by atoms with Gasteiger partial charge in [0.2, 0.25) is 0 Å². The number of allylic oxidation sites excluding steroid dienone is 3. The normalized spacial score (nSPS) is 23.4. The molecule has 1 N–H and O–H groups in total. The zero-order valence-electron chi connectivity index (χ0n) is 19.2. The second kappa shape index (κ2) is 10.6. The zero-order chi connectivity index (χ0) is 23.9. The van der Waals surface area contributed by atoms with Crippen LogP contribution >= 0.6 is 23.5 Å². The first-order chi connectivity index (χ1) is 16.4. The van der Waals surface area contributed by atoms with E-state index in [1.54, 1.807) is 17.8 Å². The highest BCUT2D eigenvalue weighted by molar-refractivity contribution is 8.03. The number of alkyl halides is 3. The molecule has 2 aromatic rings. The Bertz CT molecular complexity index is 1220. The van der Waals surface area contributed by atoms with Crippen LogP contribution in [0.4, 0.5) is 24.5 Å². The molecule has 0 amide bonds. The molecular formula is C27H26BrF3N2S2. The molecule has 0 bridgehead atoms. The Morgan fingerprint density at radius 2 is 2.03 bits per heavy atom. The van der Waals surface area contributed by atoms with Gasteiger partial charge < -0.3 is 21.9 Å². The van der Waals surface area contributed by atoms with Crippen LogP contribution in [-0.2, 0) is 0 Å². The van der Waals surface area contributed by atoms with Gasteiger partial charge in [0, 0.05) is 30.0 Å². The minimum Gasteiger partial charge on any atom is -1.00 e. The summed E-state index contributed by atoms with van der Waals surface area (Å²) in [5.74, 6) is 0. The molecule has 35 heavy (non-hydrogen) atoms. The summed E-state index contributed by atoms with van der Waals surface area (Å²) in [5, 5.41) is 1.43. The summed E-state index contributed by atoms with van der Waals surface area (Å²) in [6.07, 6.45) is 5.67. The van der Waals surface area contributed by atoms with E-state index in [1.807, 2.05) is 30.0 Å². The molecule has 0 saturated carbocycles. The van der Waals surface area contributed by atoms with Crippen LogP contribution < -0.4 is 26.8 Å². The van der Waals surface area contributed by atoms with Gasteiger partial charge in [0.15, 0.2) is 5.37 Å². The third-order valence-electron chi connectivity index (χ3n) is 6.39. The summed E-state index contributed by atoms with van der Waals surface area (Å²) in [5.41, 5.74) is 5.50. The molecule has 0 aliphatic carbocycles. The number of thioether (sulfide) groups is 2. The Kier molecular flexibility index (Phi) is 7.95.